The molecule has 5 heteroatoms. The highest BCUT2D eigenvalue weighted by molar-refractivity contribution is 6.04. The van der Waals surface area contributed by atoms with Gasteiger partial charge in [0.05, 0.1) is 11.3 Å². The summed E-state index contributed by atoms with van der Waals surface area (Å²) in [6, 6.07) is 20.6. The van der Waals surface area contributed by atoms with E-state index in [0.717, 1.165) is 17.2 Å². The molecule has 28 heavy (non-hydrogen) atoms. The molecule has 1 atom stereocenters. The van der Waals surface area contributed by atoms with Crippen LogP contribution in [0, 0.1) is 0 Å². The van der Waals surface area contributed by atoms with Crippen LogP contribution in [0.2, 0.25) is 0 Å². The van der Waals surface area contributed by atoms with Crippen molar-refractivity contribution in [2.45, 2.75) is 26.4 Å². The molecule has 0 aromatic heterocycles. The van der Waals surface area contributed by atoms with Gasteiger partial charge in [-0.2, -0.15) is 0 Å². The standard InChI is InChI=1S/C23H24N2O3/c1-3-14-24-23(27)20-10-6-7-11-21(20)25-22(26)16(2)28-19-13-12-17-8-4-5-9-18(17)15-19/h4-13,15-16H,3,14H2,1-2H3,(H,24,27)(H,25,26). The highest BCUT2D eigenvalue weighted by Crippen LogP contribution is 2.22. The van der Waals surface area contributed by atoms with Crippen molar-refractivity contribution >= 4 is 28.3 Å². The van der Waals surface area contributed by atoms with Crippen LogP contribution >= 0.6 is 0 Å². The predicted molar refractivity (Wildman–Crippen MR) is 112 cm³/mol. The lowest BCUT2D eigenvalue weighted by atomic mass is 10.1. The fourth-order valence-electron chi connectivity index (χ4n) is 2.86. The quantitative estimate of drug-likeness (QED) is 0.643. The van der Waals surface area contributed by atoms with Crippen LogP contribution in [0.4, 0.5) is 5.69 Å². The fourth-order valence-corrected chi connectivity index (χ4v) is 2.86. The van der Waals surface area contributed by atoms with Crippen molar-refractivity contribution in [1.82, 2.24) is 5.32 Å². The number of nitrogens with one attached hydrogen (secondary N) is 2. The van der Waals surface area contributed by atoms with Crippen LogP contribution in [-0.2, 0) is 4.79 Å². The van der Waals surface area contributed by atoms with Crippen LogP contribution in [0.1, 0.15) is 30.6 Å². The van der Waals surface area contributed by atoms with Gasteiger partial charge in [-0.25, -0.2) is 0 Å². The molecule has 5 nitrogen and oxygen atoms in total. The van der Waals surface area contributed by atoms with Crippen LogP contribution in [-0.4, -0.2) is 24.5 Å². The molecule has 0 spiro atoms. The molecule has 0 radical (unpaired) electrons. The highest BCUT2D eigenvalue weighted by atomic mass is 16.5. The van der Waals surface area contributed by atoms with Crippen molar-refractivity contribution in [3.63, 3.8) is 0 Å². The molecule has 3 aromatic rings. The SMILES string of the molecule is CCCNC(=O)c1ccccc1NC(=O)C(C)Oc1ccc2ccccc2c1. The number of para-hydroxylation sites is 1. The zero-order chi connectivity index (χ0) is 19.9. The molecule has 0 saturated heterocycles. The van der Waals surface area contributed by atoms with E-state index in [9.17, 15) is 9.59 Å². The van der Waals surface area contributed by atoms with E-state index in [0.29, 0.717) is 23.5 Å². The smallest absolute Gasteiger partial charge is 0.265 e. The van der Waals surface area contributed by atoms with Gasteiger partial charge in [-0.3, -0.25) is 9.59 Å². The molecule has 0 aliphatic rings. The Labute approximate surface area is 164 Å². The summed E-state index contributed by atoms with van der Waals surface area (Å²) in [5, 5.41) is 7.78. The molecule has 0 fully saturated rings. The Hall–Kier alpha value is -3.34. The molecule has 0 heterocycles. The van der Waals surface area contributed by atoms with E-state index in [1.165, 1.54) is 0 Å². The van der Waals surface area contributed by atoms with E-state index in [4.69, 9.17) is 4.74 Å². The number of amides is 2. The van der Waals surface area contributed by atoms with Gasteiger partial charge in [0.2, 0.25) is 0 Å². The average molecular weight is 376 g/mol. The zero-order valence-electron chi connectivity index (χ0n) is 16.1. The Kier molecular flexibility index (Phi) is 6.27. The fraction of sp³-hybridized carbons (Fsp3) is 0.217. The van der Waals surface area contributed by atoms with Gasteiger partial charge >= 0.3 is 0 Å². The van der Waals surface area contributed by atoms with Crippen molar-refractivity contribution in [2.24, 2.45) is 0 Å². The minimum atomic E-state index is -0.715. The molecule has 0 aliphatic heterocycles. The lowest BCUT2D eigenvalue weighted by Gasteiger charge is -2.17. The van der Waals surface area contributed by atoms with Crippen molar-refractivity contribution in [3.8, 4) is 5.75 Å². The van der Waals surface area contributed by atoms with E-state index in [1.54, 1.807) is 31.2 Å². The van der Waals surface area contributed by atoms with Crippen LogP contribution in [0.15, 0.2) is 66.7 Å². The molecule has 2 amide bonds. The second-order valence-electron chi connectivity index (χ2n) is 6.56. The Morgan fingerprint density at radius 2 is 1.68 bits per heavy atom. The maximum Gasteiger partial charge on any atom is 0.265 e. The Bertz CT molecular complexity index is 984. The van der Waals surface area contributed by atoms with Gasteiger partial charge in [0.1, 0.15) is 5.75 Å². The van der Waals surface area contributed by atoms with Gasteiger partial charge in [-0.05, 0) is 48.4 Å². The summed E-state index contributed by atoms with van der Waals surface area (Å²) in [4.78, 5) is 24.9. The van der Waals surface area contributed by atoms with Gasteiger partial charge in [-0.1, -0.05) is 49.4 Å². The Morgan fingerprint density at radius 3 is 2.46 bits per heavy atom. The van der Waals surface area contributed by atoms with Crippen LogP contribution in [0.25, 0.3) is 10.8 Å². The minimum Gasteiger partial charge on any atom is -0.481 e. The van der Waals surface area contributed by atoms with Crippen molar-refractivity contribution in [2.75, 3.05) is 11.9 Å². The number of ether oxygens (including phenoxy) is 1. The lowest BCUT2D eigenvalue weighted by molar-refractivity contribution is -0.122. The summed E-state index contributed by atoms with van der Waals surface area (Å²) in [5.74, 6) is 0.0973. The number of hydrogen-bond donors (Lipinski definition) is 2. The first kappa shape index (κ1) is 19.4. The van der Waals surface area contributed by atoms with E-state index in [2.05, 4.69) is 10.6 Å². The molecule has 2 N–H and O–H groups in total. The largest absolute Gasteiger partial charge is 0.481 e. The second kappa shape index (κ2) is 9.04. The van der Waals surface area contributed by atoms with Crippen molar-refractivity contribution in [3.05, 3.63) is 72.3 Å². The third-order valence-electron chi connectivity index (χ3n) is 4.37. The van der Waals surface area contributed by atoms with E-state index < -0.39 is 6.10 Å². The first-order chi connectivity index (χ1) is 13.6. The molecule has 0 aliphatic carbocycles. The molecule has 3 rings (SSSR count). The summed E-state index contributed by atoms with van der Waals surface area (Å²) in [7, 11) is 0. The summed E-state index contributed by atoms with van der Waals surface area (Å²) in [6.07, 6.45) is 0.129. The Balaban J connectivity index is 1.69. The van der Waals surface area contributed by atoms with Crippen molar-refractivity contribution in [1.29, 1.82) is 0 Å². The van der Waals surface area contributed by atoms with Gasteiger partial charge in [0.15, 0.2) is 6.10 Å². The normalized spacial score (nSPS) is 11.6. The molecular weight excluding hydrogens is 352 g/mol. The van der Waals surface area contributed by atoms with Gasteiger partial charge < -0.3 is 15.4 Å². The van der Waals surface area contributed by atoms with Crippen molar-refractivity contribution < 1.29 is 14.3 Å². The predicted octanol–water partition coefficient (Wildman–Crippen LogP) is 4.39. The third kappa shape index (κ3) is 4.68. The van der Waals surface area contributed by atoms with Crippen LogP contribution < -0.4 is 15.4 Å². The number of carbonyl (C=O) groups excluding carboxylic acids is 2. The van der Waals surface area contributed by atoms with E-state index in [-0.39, 0.29) is 11.8 Å². The van der Waals surface area contributed by atoms with Gasteiger partial charge in [0.25, 0.3) is 11.8 Å². The Morgan fingerprint density at radius 1 is 0.964 bits per heavy atom. The lowest BCUT2D eigenvalue weighted by Crippen LogP contribution is -2.32. The summed E-state index contributed by atoms with van der Waals surface area (Å²) < 4.78 is 5.81. The van der Waals surface area contributed by atoms with E-state index >= 15 is 0 Å². The van der Waals surface area contributed by atoms with Crippen LogP contribution in [0.5, 0.6) is 5.75 Å². The number of carbonyl (C=O) groups is 2. The van der Waals surface area contributed by atoms with Crippen LogP contribution in [0.3, 0.4) is 0 Å². The molecule has 1 unspecified atom stereocenters. The molecule has 0 saturated carbocycles. The summed E-state index contributed by atoms with van der Waals surface area (Å²) in [6.45, 7) is 4.26. The topological polar surface area (TPSA) is 67.4 Å². The maximum absolute atomic E-state index is 12.6. The number of anilines is 1. The summed E-state index contributed by atoms with van der Waals surface area (Å²) in [5.41, 5.74) is 0.900. The third-order valence-corrected chi connectivity index (χ3v) is 4.37. The number of fused-ring (bicyclic) bond motifs is 1. The average Bonchev–Trinajstić information content (AvgIpc) is 2.72. The molecule has 3 aromatic carbocycles. The van der Waals surface area contributed by atoms with Gasteiger partial charge in [0, 0.05) is 6.54 Å². The number of rotatable bonds is 7. The first-order valence-electron chi connectivity index (χ1n) is 9.42. The minimum absolute atomic E-state index is 0.208. The summed E-state index contributed by atoms with van der Waals surface area (Å²) >= 11 is 0. The number of benzene rings is 3. The number of hydrogen-bond acceptors (Lipinski definition) is 3. The van der Waals surface area contributed by atoms with E-state index in [1.807, 2.05) is 49.4 Å². The maximum atomic E-state index is 12.6. The first-order valence-corrected chi connectivity index (χ1v) is 9.42. The molecule has 144 valence electrons. The van der Waals surface area contributed by atoms with Gasteiger partial charge in [-0.15, -0.1) is 0 Å². The molecular formula is C23H24N2O3. The zero-order valence-corrected chi connectivity index (χ0v) is 16.1. The second-order valence-corrected chi connectivity index (χ2v) is 6.56. The highest BCUT2D eigenvalue weighted by Gasteiger charge is 2.18. The monoisotopic (exact) mass is 376 g/mol. The molecule has 0 bridgehead atoms.